The van der Waals surface area contributed by atoms with E-state index in [0.29, 0.717) is 6.54 Å². The second kappa shape index (κ2) is 10.4. The van der Waals surface area contributed by atoms with Crippen LogP contribution < -0.4 is 10.0 Å². The first-order chi connectivity index (χ1) is 14.3. The van der Waals surface area contributed by atoms with Gasteiger partial charge in [0.2, 0.25) is 15.9 Å². The molecule has 0 saturated carbocycles. The first-order valence-corrected chi connectivity index (χ1v) is 12.8. The van der Waals surface area contributed by atoms with Crippen molar-refractivity contribution in [2.24, 2.45) is 0 Å². The maximum Gasteiger partial charge on any atom is 0.241 e. The molecule has 30 heavy (non-hydrogen) atoms. The van der Waals surface area contributed by atoms with Gasteiger partial charge >= 0.3 is 0 Å². The van der Waals surface area contributed by atoms with E-state index in [9.17, 15) is 13.2 Å². The molecule has 1 aromatic heterocycles. The van der Waals surface area contributed by atoms with Crippen molar-refractivity contribution in [3.05, 3.63) is 54.2 Å². The summed E-state index contributed by atoms with van der Waals surface area (Å²) >= 11 is 1.65. The first-order valence-electron chi connectivity index (χ1n) is 9.95. The third-order valence-electron chi connectivity index (χ3n) is 4.98. The second-order valence-electron chi connectivity index (χ2n) is 7.55. The highest BCUT2D eigenvalue weighted by Crippen LogP contribution is 2.22. The van der Waals surface area contributed by atoms with Crippen molar-refractivity contribution < 1.29 is 13.2 Å². The van der Waals surface area contributed by atoms with Gasteiger partial charge < -0.3 is 5.32 Å². The molecule has 0 unspecified atom stereocenters. The van der Waals surface area contributed by atoms with E-state index >= 15 is 0 Å². The second-order valence-corrected chi connectivity index (χ2v) is 10.3. The van der Waals surface area contributed by atoms with Gasteiger partial charge in [0.05, 0.1) is 17.3 Å². The van der Waals surface area contributed by atoms with Crippen LogP contribution in [-0.2, 0) is 20.6 Å². The van der Waals surface area contributed by atoms with Gasteiger partial charge in [0, 0.05) is 30.2 Å². The maximum absolute atomic E-state index is 12.8. The van der Waals surface area contributed by atoms with E-state index in [1.165, 1.54) is 6.26 Å². The Hall–Kier alpha value is -1.94. The van der Waals surface area contributed by atoms with Crippen LogP contribution in [0.2, 0.25) is 0 Å². The number of sulfonamides is 1. The topological polar surface area (TPSA) is 91.4 Å². The molecule has 1 aliphatic heterocycles. The Morgan fingerprint density at radius 3 is 2.87 bits per heavy atom. The zero-order valence-electron chi connectivity index (χ0n) is 17.2. The summed E-state index contributed by atoms with van der Waals surface area (Å²) < 4.78 is 25.7. The molecule has 0 aliphatic carbocycles. The van der Waals surface area contributed by atoms with E-state index < -0.39 is 10.0 Å². The molecular formula is C21H28N4O3S2. The molecule has 2 atom stereocenters. The van der Waals surface area contributed by atoms with Gasteiger partial charge in [0.25, 0.3) is 0 Å². The average Bonchev–Trinajstić information content (AvgIpc) is 2.72. The summed E-state index contributed by atoms with van der Waals surface area (Å²) in [6, 6.07) is 13.1. The van der Waals surface area contributed by atoms with Gasteiger partial charge in [0.1, 0.15) is 0 Å². The molecule has 3 rings (SSSR count). The Labute approximate surface area is 182 Å². The summed E-state index contributed by atoms with van der Waals surface area (Å²) in [6.07, 6.45) is 4.58. The SMILES string of the molecule is C[C@H](C(=O)Nc1cccc(CSc2ccccn2)c1)N1CCC[C@@H](NS(C)(=O)=O)C1. The fourth-order valence-corrected chi connectivity index (χ4v) is 5.10. The molecule has 2 heterocycles. The van der Waals surface area contributed by atoms with Gasteiger partial charge in [-0.2, -0.15) is 0 Å². The number of benzene rings is 1. The molecule has 0 bridgehead atoms. The van der Waals surface area contributed by atoms with Gasteiger partial charge in [-0.25, -0.2) is 18.1 Å². The Morgan fingerprint density at radius 1 is 1.30 bits per heavy atom. The van der Waals surface area contributed by atoms with Crippen LogP contribution >= 0.6 is 11.8 Å². The van der Waals surface area contributed by atoms with Crippen molar-refractivity contribution in [1.82, 2.24) is 14.6 Å². The third-order valence-corrected chi connectivity index (χ3v) is 6.76. The van der Waals surface area contributed by atoms with Crippen LogP contribution in [0.1, 0.15) is 25.3 Å². The van der Waals surface area contributed by atoms with Crippen molar-refractivity contribution in [3.63, 3.8) is 0 Å². The molecule has 162 valence electrons. The lowest BCUT2D eigenvalue weighted by Crippen LogP contribution is -2.52. The van der Waals surface area contributed by atoms with Crippen LogP contribution in [-0.4, -0.2) is 55.6 Å². The number of piperidine rings is 1. The van der Waals surface area contributed by atoms with Gasteiger partial charge in [-0.1, -0.05) is 18.2 Å². The molecule has 7 nitrogen and oxygen atoms in total. The van der Waals surface area contributed by atoms with E-state index in [1.54, 1.807) is 18.0 Å². The molecule has 1 fully saturated rings. The molecule has 0 spiro atoms. The number of carbonyl (C=O) groups is 1. The number of amides is 1. The fourth-order valence-electron chi connectivity index (χ4n) is 3.50. The molecule has 1 aliphatic rings. The Balaban J connectivity index is 1.55. The number of carbonyl (C=O) groups excluding carboxylic acids is 1. The summed E-state index contributed by atoms with van der Waals surface area (Å²) in [5.74, 6) is 0.672. The highest BCUT2D eigenvalue weighted by molar-refractivity contribution is 7.98. The predicted octanol–water partition coefficient (Wildman–Crippen LogP) is 2.71. The number of nitrogens with zero attached hydrogens (tertiary/aromatic N) is 2. The van der Waals surface area contributed by atoms with Crippen molar-refractivity contribution in [2.75, 3.05) is 24.7 Å². The summed E-state index contributed by atoms with van der Waals surface area (Å²) in [5, 5.41) is 3.96. The highest BCUT2D eigenvalue weighted by atomic mass is 32.2. The van der Waals surface area contributed by atoms with Gasteiger partial charge in [-0.05, 0) is 56.1 Å². The molecule has 2 N–H and O–H groups in total. The summed E-state index contributed by atoms with van der Waals surface area (Å²) in [7, 11) is -3.26. The van der Waals surface area contributed by atoms with Gasteiger partial charge in [0.15, 0.2) is 0 Å². The van der Waals surface area contributed by atoms with Crippen LogP contribution in [0, 0.1) is 0 Å². The Bertz CT molecular complexity index is 954. The van der Waals surface area contributed by atoms with E-state index in [2.05, 4.69) is 15.0 Å². The molecule has 1 amide bonds. The number of likely N-dealkylation sites (tertiary alicyclic amines) is 1. The largest absolute Gasteiger partial charge is 0.325 e. The van der Waals surface area contributed by atoms with Gasteiger partial charge in [-0.15, -0.1) is 11.8 Å². The van der Waals surface area contributed by atoms with E-state index in [4.69, 9.17) is 0 Å². The zero-order chi connectivity index (χ0) is 21.6. The number of aromatic nitrogens is 1. The standard InChI is InChI=1S/C21H28N4O3S2/c1-16(25-12-6-9-19(14-25)24-30(2,27)28)21(26)23-18-8-5-7-17(13-18)15-29-20-10-3-4-11-22-20/h3-5,7-8,10-11,13,16,19,24H,6,9,12,14-15H2,1-2H3,(H,23,26)/t16-,19-/m1/s1. The number of thioether (sulfide) groups is 1. The molecule has 2 aromatic rings. The van der Waals surface area contributed by atoms with Crippen molar-refractivity contribution in [1.29, 1.82) is 0 Å². The number of hydrogen-bond donors (Lipinski definition) is 2. The maximum atomic E-state index is 12.8. The van der Waals surface area contributed by atoms with Gasteiger partial charge in [-0.3, -0.25) is 9.69 Å². The molecule has 9 heteroatoms. The minimum Gasteiger partial charge on any atom is -0.325 e. The minimum absolute atomic E-state index is 0.0930. The lowest BCUT2D eigenvalue weighted by molar-refractivity contribution is -0.121. The Morgan fingerprint density at radius 2 is 2.13 bits per heavy atom. The lowest BCUT2D eigenvalue weighted by Gasteiger charge is -2.36. The van der Waals surface area contributed by atoms with Crippen molar-refractivity contribution >= 4 is 33.4 Å². The van der Waals surface area contributed by atoms with E-state index in [-0.39, 0.29) is 18.0 Å². The molecule has 1 aromatic carbocycles. The first kappa shape index (κ1) is 22.7. The number of rotatable bonds is 8. The van der Waals surface area contributed by atoms with Crippen LogP contribution in [0.5, 0.6) is 0 Å². The summed E-state index contributed by atoms with van der Waals surface area (Å²) in [4.78, 5) is 19.1. The molecular weight excluding hydrogens is 420 g/mol. The summed E-state index contributed by atoms with van der Waals surface area (Å²) in [6.45, 7) is 3.17. The third kappa shape index (κ3) is 7.09. The number of nitrogens with one attached hydrogen (secondary N) is 2. The molecule has 0 radical (unpaired) electrons. The van der Waals surface area contributed by atoms with E-state index in [0.717, 1.165) is 41.4 Å². The normalized spacial score (nSPS) is 18.7. The van der Waals surface area contributed by atoms with Crippen LogP contribution in [0.15, 0.2) is 53.7 Å². The fraction of sp³-hybridized carbons (Fsp3) is 0.429. The highest BCUT2D eigenvalue weighted by Gasteiger charge is 2.28. The Kier molecular flexibility index (Phi) is 7.87. The zero-order valence-corrected chi connectivity index (χ0v) is 18.9. The number of anilines is 1. The minimum atomic E-state index is -3.26. The number of hydrogen-bond acceptors (Lipinski definition) is 6. The van der Waals surface area contributed by atoms with Crippen LogP contribution in [0.3, 0.4) is 0 Å². The lowest BCUT2D eigenvalue weighted by atomic mass is 10.0. The smallest absolute Gasteiger partial charge is 0.241 e. The average molecular weight is 449 g/mol. The molecule has 1 saturated heterocycles. The van der Waals surface area contributed by atoms with Crippen LogP contribution in [0.4, 0.5) is 5.69 Å². The van der Waals surface area contributed by atoms with E-state index in [1.807, 2.05) is 54.3 Å². The summed E-state index contributed by atoms with van der Waals surface area (Å²) in [5.41, 5.74) is 1.86. The van der Waals surface area contributed by atoms with Crippen molar-refractivity contribution in [2.45, 2.75) is 42.6 Å². The van der Waals surface area contributed by atoms with Crippen molar-refractivity contribution in [3.8, 4) is 0 Å². The van der Waals surface area contributed by atoms with Crippen LogP contribution in [0.25, 0.3) is 0 Å². The monoisotopic (exact) mass is 448 g/mol. The predicted molar refractivity (Wildman–Crippen MR) is 121 cm³/mol. The number of pyridine rings is 1. The quantitative estimate of drug-likeness (QED) is 0.604.